The summed E-state index contributed by atoms with van der Waals surface area (Å²) in [4.78, 5) is 0. The number of benzene rings is 1. The van der Waals surface area contributed by atoms with Crippen molar-refractivity contribution >= 4 is 0 Å². The standard InChI is InChI=1S/C18H31NO/c1-3-5-7-8-9-14-19-16-17-10-12-18(13-11-17)20-15-6-4-2/h10-13,19H,3-9,14-16H2,1-2H3. The molecule has 0 amide bonds. The Balaban J connectivity index is 2.08. The fourth-order valence-corrected chi connectivity index (χ4v) is 2.12. The molecule has 114 valence electrons. The first-order chi connectivity index (χ1) is 9.86. The first kappa shape index (κ1) is 17.0. The third kappa shape index (κ3) is 8.21. The minimum atomic E-state index is 0.825. The zero-order valence-corrected chi connectivity index (χ0v) is 13.3. The van der Waals surface area contributed by atoms with Crippen LogP contribution in [0.1, 0.15) is 64.4 Å². The summed E-state index contributed by atoms with van der Waals surface area (Å²) in [6, 6.07) is 8.47. The molecule has 1 rings (SSSR count). The van der Waals surface area contributed by atoms with Crippen molar-refractivity contribution in [1.29, 1.82) is 0 Å². The van der Waals surface area contributed by atoms with E-state index in [0.29, 0.717) is 0 Å². The molecular weight excluding hydrogens is 246 g/mol. The Morgan fingerprint density at radius 1 is 0.850 bits per heavy atom. The summed E-state index contributed by atoms with van der Waals surface area (Å²) < 4.78 is 5.66. The van der Waals surface area contributed by atoms with Crippen molar-refractivity contribution in [2.45, 2.75) is 65.3 Å². The van der Waals surface area contributed by atoms with Gasteiger partial charge < -0.3 is 10.1 Å². The first-order valence-corrected chi connectivity index (χ1v) is 8.29. The lowest BCUT2D eigenvalue weighted by atomic mass is 10.1. The van der Waals surface area contributed by atoms with Crippen LogP contribution in [-0.4, -0.2) is 13.2 Å². The molecule has 1 aromatic rings. The lowest BCUT2D eigenvalue weighted by Crippen LogP contribution is -2.14. The van der Waals surface area contributed by atoms with Gasteiger partial charge in [0.05, 0.1) is 6.61 Å². The molecule has 1 N–H and O–H groups in total. The number of ether oxygens (including phenoxy) is 1. The molecule has 0 bridgehead atoms. The third-order valence-electron chi connectivity index (χ3n) is 3.48. The van der Waals surface area contributed by atoms with E-state index in [1.165, 1.54) is 44.1 Å². The molecule has 0 unspecified atom stereocenters. The van der Waals surface area contributed by atoms with E-state index in [4.69, 9.17) is 4.74 Å². The van der Waals surface area contributed by atoms with Crippen molar-refractivity contribution < 1.29 is 4.74 Å². The predicted molar refractivity (Wildman–Crippen MR) is 87.3 cm³/mol. The second kappa shape index (κ2) is 11.8. The molecule has 0 aliphatic carbocycles. The molecule has 0 heterocycles. The van der Waals surface area contributed by atoms with E-state index >= 15 is 0 Å². The minimum absolute atomic E-state index is 0.825. The van der Waals surface area contributed by atoms with Crippen LogP contribution in [0.3, 0.4) is 0 Å². The molecule has 20 heavy (non-hydrogen) atoms. The van der Waals surface area contributed by atoms with E-state index < -0.39 is 0 Å². The minimum Gasteiger partial charge on any atom is -0.494 e. The number of hydrogen-bond acceptors (Lipinski definition) is 2. The van der Waals surface area contributed by atoms with Crippen LogP contribution in [-0.2, 0) is 6.54 Å². The van der Waals surface area contributed by atoms with E-state index in [1.54, 1.807) is 0 Å². The van der Waals surface area contributed by atoms with Gasteiger partial charge in [0.1, 0.15) is 5.75 Å². The molecule has 0 aliphatic rings. The summed E-state index contributed by atoms with van der Waals surface area (Å²) in [6.45, 7) is 7.35. The van der Waals surface area contributed by atoms with Gasteiger partial charge in [-0.3, -0.25) is 0 Å². The quantitative estimate of drug-likeness (QED) is 0.547. The highest BCUT2D eigenvalue weighted by Gasteiger charge is 1.96. The van der Waals surface area contributed by atoms with Gasteiger partial charge in [0, 0.05) is 6.54 Å². The van der Waals surface area contributed by atoms with Crippen molar-refractivity contribution in [2.24, 2.45) is 0 Å². The van der Waals surface area contributed by atoms with Gasteiger partial charge in [-0.25, -0.2) is 0 Å². The van der Waals surface area contributed by atoms with Gasteiger partial charge in [0.25, 0.3) is 0 Å². The normalized spacial score (nSPS) is 10.7. The summed E-state index contributed by atoms with van der Waals surface area (Å²) in [5.74, 6) is 0.988. The summed E-state index contributed by atoms with van der Waals surface area (Å²) in [5, 5.41) is 3.51. The van der Waals surface area contributed by atoms with Crippen LogP contribution in [0.2, 0.25) is 0 Å². The fraction of sp³-hybridized carbons (Fsp3) is 0.667. The molecule has 0 aromatic heterocycles. The van der Waals surface area contributed by atoms with Crippen molar-refractivity contribution in [1.82, 2.24) is 5.32 Å². The van der Waals surface area contributed by atoms with Gasteiger partial charge in [-0.05, 0) is 37.1 Å². The Kier molecular flexibility index (Phi) is 10.0. The molecular formula is C18H31NO. The van der Waals surface area contributed by atoms with E-state index in [-0.39, 0.29) is 0 Å². The highest BCUT2D eigenvalue weighted by atomic mass is 16.5. The molecule has 0 spiro atoms. The maximum absolute atomic E-state index is 5.66. The molecule has 0 atom stereocenters. The second-order valence-corrected chi connectivity index (χ2v) is 5.44. The van der Waals surface area contributed by atoms with Crippen molar-refractivity contribution in [3.8, 4) is 5.75 Å². The Morgan fingerprint density at radius 2 is 1.55 bits per heavy atom. The number of unbranched alkanes of at least 4 members (excludes halogenated alkanes) is 5. The molecule has 0 fully saturated rings. The molecule has 0 aliphatic heterocycles. The summed E-state index contributed by atoms with van der Waals surface area (Å²) in [6.07, 6.45) is 9.02. The zero-order chi connectivity index (χ0) is 14.5. The number of rotatable bonds is 12. The topological polar surface area (TPSA) is 21.3 Å². The van der Waals surface area contributed by atoms with Gasteiger partial charge in [-0.1, -0.05) is 58.1 Å². The van der Waals surface area contributed by atoms with Gasteiger partial charge in [0.15, 0.2) is 0 Å². The molecule has 1 aromatic carbocycles. The van der Waals surface area contributed by atoms with E-state index in [9.17, 15) is 0 Å². The average Bonchev–Trinajstić information content (AvgIpc) is 2.48. The Labute approximate surface area is 124 Å². The van der Waals surface area contributed by atoms with E-state index in [1.807, 2.05) is 0 Å². The number of hydrogen-bond donors (Lipinski definition) is 1. The van der Waals surface area contributed by atoms with Crippen LogP contribution in [0.4, 0.5) is 0 Å². The van der Waals surface area contributed by atoms with Crippen LogP contribution >= 0.6 is 0 Å². The van der Waals surface area contributed by atoms with Crippen LogP contribution in [0.15, 0.2) is 24.3 Å². The zero-order valence-electron chi connectivity index (χ0n) is 13.3. The van der Waals surface area contributed by atoms with Gasteiger partial charge in [0.2, 0.25) is 0 Å². The van der Waals surface area contributed by atoms with Gasteiger partial charge in [-0.15, -0.1) is 0 Å². The van der Waals surface area contributed by atoms with Gasteiger partial charge >= 0.3 is 0 Å². The summed E-state index contributed by atoms with van der Waals surface area (Å²) in [7, 11) is 0. The van der Waals surface area contributed by atoms with Crippen LogP contribution in [0, 0.1) is 0 Å². The highest BCUT2D eigenvalue weighted by Crippen LogP contribution is 2.12. The smallest absolute Gasteiger partial charge is 0.119 e. The monoisotopic (exact) mass is 277 g/mol. The SMILES string of the molecule is CCCCCCCNCc1ccc(OCCCC)cc1. The van der Waals surface area contributed by atoms with Crippen LogP contribution in [0.5, 0.6) is 5.75 Å². The Morgan fingerprint density at radius 3 is 2.25 bits per heavy atom. The highest BCUT2D eigenvalue weighted by molar-refractivity contribution is 5.27. The number of nitrogens with one attached hydrogen (secondary N) is 1. The second-order valence-electron chi connectivity index (χ2n) is 5.44. The third-order valence-corrected chi connectivity index (χ3v) is 3.48. The predicted octanol–water partition coefficient (Wildman–Crippen LogP) is 4.93. The Hall–Kier alpha value is -1.02. The van der Waals surface area contributed by atoms with Crippen molar-refractivity contribution in [2.75, 3.05) is 13.2 Å². The van der Waals surface area contributed by atoms with E-state index in [0.717, 1.165) is 31.9 Å². The maximum Gasteiger partial charge on any atom is 0.119 e. The van der Waals surface area contributed by atoms with E-state index in [2.05, 4.69) is 43.4 Å². The fourth-order valence-electron chi connectivity index (χ4n) is 2.12. The van der Waals surface area contributed by atoms with Crippen LogP contribution < -0.4 is 10.1 Å². The lowest BCUT2D eigenvalue weighted by molar-refractivity contribution is 0.309. The largest absolute Gasteiger partial charge is 0.494 e. The summed E-state index contributed by atoms with van der Waals surface area (Å²) >= 11 is 0. The van der Waals surface area contributed by atoms with Gasteiger partial charge in [-0.2, -0.15) is 0 Å². The summed E-state index contributed by atoms with van der Waals surface area (Å²) in [5.41, 5.74) is 1.33. The molecule has 0 radical (unpaired) electrons. The lowest BCUT2D eigenvalue weighted by Gasteiger charge is -2.08. The molecule has 2 heteroatoms. The van der Waals surface area contributed by atoms with Crippen molar-refractivity contribution in [3.05, 3.63) is 29.8 Å². The molecule has 2 nitrogen and oxygen atoms in total. The molecule has 0 saturated carbocycles. The Bertz CT molecular complexity index is 321. The maximum atomic E-state index is 5.66. The van der Waals surface area contributed by atoms with Crippen LogP contribution in [0.25, 0.3) is 0 Å². The van der Waals surface area contributed by atoms with Crippen molar-refractivity contribution in [3.63, 3.8) is 0 Å². The molecule has 0 saturated heterocycles. The first-order valence-electron chi connectivity index (χ1n) is 8.29. The average molecular weight is 277 g/mol.